The fourth-order valence-corrected chi connectivity index (χ4v) is 1.26. The maximum Gasteiger partial charge on any atom is 0.450 e. The highest BCUT2D eigenvalue weighted by Gasteiger charge is 2.52. The van der Waals surface area contributed by atoms with Gasteiger partial charge in [-0.05, 0) is 6.92 Å². The first-order valence-corrected chi connectivity index (χ1v) is 4.99. The second-order valence-electron chi connectivity index (χ2n) is 4.07. The van der Waals surface area contributed by atoms with Crippen molar-refractivity contribution in [3.05, 3.63) is 12.7 Å². The number of carbonyl (C=O) groups is 2. The van der Waals surface area contributed by atoms with Crippen LogP contribution in [0, 0.1) is 11.3 Å². The first-order chi connectivity index (χ1) is 7.57. The summed E-state index contributed by atoms with van der Waals surface area (Å²) in [4.78, 5) is 22.7. The number of esters is 1. The SMILES string of the molecule is C=CC(C)(C)C(C(=O)OCC)C(=O)C(F)(F)F. The molecule has 0 rings (SSSR count). The second kappa shape index (κ2) is 5.33. The quantitative estimate of drug-likeness (QED) is 0.429. The Labute approximate surface area is 97.6 Å². The fraction of sp³-hybridized carbons (Fsp3) is 0.636. The Kier molecular flexibility index (Phi) is 4.92. The van der Waals surface area contributed by atoms with Crippen LogP contribution >= 0.6 is 0 Å². The van der Waals surface area contributed by atoms with E-state index in [1.165, 1.54) is 20.8 Å². The van der Waals surface area contributed by atoms with Gasteiger partial charge in [-0.2, -0.15) is 13.2 Å². The topological polar surface area (TPSA) is 43.4 Å². The lowest BCUT2D eigenvalue weighted by Crippen LogP contribution is -2.44. The average molecular weight is 252 g/mol. The molecule has 0 fully saturated rings. The van der Waals surface area contributed by atoms with Crippen LogP contribution in [0.4, 0.5) is 13.2 Å². The van der Waals surface area contributed by atoms with Crippen molar-refractivity contribution in [1.29, 1.82) is 0 Å². The number of ether oxygens (including phenoxy) is 1. The molecule has 98 valence electrons. The largest absolute Gasteiger partial charge is 0.465 e. The third-order valence-electron chi connectivity index (χ3n) is 2.33. The van der Waals surface area contributed by atoms with Gasteiger partial charge in [0.2, 0.25) is 0 Å². The van der Waals surface area contributed by atoms with Crippen molar-refractivity contribution in [2.45, 2.75) is 26.9 Å². The van der Waals surface area contributed by atoms with Gasteiger partial charge in [-0.25, -0.2) is 0 Å². The molecule has 1 unspecified atom stereocenters. The Bertz CT molecular complexity index is 318. The molecule has 1 atom stereocenters. The summed E-state index contributed by atoms with van der Waals surface area (Å²) in [6.45, 7) is 7.34. The molecule has 0 amide bonds. The molecule has 0 radical (unpaired) electrons. The number of Topliss-reactive ketones (excluding diaryl/α,β-unsaturated/α-hetero) is 1. The molecule has 0 aliphatic carbocycles. The van der Waals surface area contributed by atoms with Crippen molar-refractivity contribution >= 4 is 11.8 Å². The number of hydrogen-bond donors (Lipinski definition) is 0. The van der Waals surface area contributed by atoms with Gasteiger partial charge in [-0.3, -0.25) is 9.59 Å². The molecule has 0 aromatic carbocycles. The molecule has 0 saturated heterocycles. The van der Waals surface area contributed by atoms with Crippen LogP contribution in [0.1, 0.15) is 20.8 Å². The van der Waals surface area contributed by atoms with E-state index in [1.54, 1.807) is 0 Å². The number of rotatable bonds is 5. The van der Waals surface area contributed by atoms with Crippen LogP contribution in [0.25, 0.3) is 0 Å². The zero-order valence-corrected chi connectivity index (χ0v) is 9.93. The Balaban J connectivity index is 5.34. The second-order valence-corrected chi connectivity index (χ2v) is 4.07. The standard InChI is InChI=1S/C11H15F3O3/c1-5-10(3,4)7(9(16)17-6-2)8(15)11(12,13)14/h5,7H,1,6H2,2-4H3. The smallest absolute Gasteiger partial charge is 0.450 e. The van der Waals surface area contributed by atoms with E-state index in [0.29, 0.717) is 0 Å². The van der Waals surface area contributed by atoms with Crippen LogP contribution in [0.5, 0.6) is 0 Å². The maximum atomic E-state index is 12.4. The maximum absolute atomic E-state index is 12.4. The van der Waals surface area contributed by atoms with Gasteiger partial charge >= 0.3 is 12.1 Å². The van der Waals surface area contributed by atoms with E-state index in [9.17, 15) is 22.8 Å². The summed E-state index contributed by atoms with van der Waals surface area (Å²) in [5.41, 5.74) is -1.32. The minimum atomic E-state index is -5.07. The number of ketones is 1. The van der Waals surface area contributed by atoms with Gasteiger partial charge in [-0.1, -0.05) is 19.9 Å². The summed E-state index contributed by atoms with van der Waals surface area (Å²) in [5.74, 6) is -5.21. The van der Waals surface area contributed by atoms with Crippen molar-refractivity contribution in [1.82, 2.24) is 0 Å². The zero-order valence-electron chi connectivity index (χ0n) is 9.93. The number of allylic oxidation sites excluding steroid dienone is 1. The Morgan fingerprint density at radius 1 is 1.35 bits per heavy atom. The predicted molar refractivity (Wildman–Crippen MR) is 55.2 cm³/mol. The molecule has 0 saturated carbocycles. The number of carbonyl (C=O) groups excluding carboxylic acids is 2. The van der Waals surface area contributed by atoms with Gasteiger partial charge in [0, 0.05) is 5.41 Å². The van der Waals surface area contributed by atoms with Gasteiger partial charge in [0.1, 0.15) is 5.92 Å². The Morgan fingerprint density at radius 3 is 2.12 bits per heavy atom. The Hall–Kier alpha value is -1.33. The van der Waals surface area contributed by atoms with Crippen LogP contribution in [0.2, 0.25) is 0 Å². The summed E-state index contributed by atoms with van der Waals surface area (Å²) < 4.78 is 41.6. The van der Waals surface area contributed by atoms with Crippen molar-refractivity contribution in [3.8, 4) is 0 Å². The van der Waals surface area contributed by atoms with E-state index >= 15 is 0 Å². The van der Waals surface area contributed by atoms with Gasteiger partial charge in [0.25, 0.3) is 5.78 Å². The lowest BCUT2D eigenvalue weighted by molar-refractivity contribution is -0.184. The summed E-state index contributed by atoms with van der Waals surface area (Å²) in [7, 11) is 0. The summed E-state index contributed by atoms with van der Waals surface area (Å²) in [6.07, 6.45) is -3.93. The zero-order chi connectivity index (χ0) is 13.9. The predicted octanol–water partition coefficient (Wildman–Crippen LogP) is 2.51. The van der Waals surface area contributed by atoms with Gasteiger partial charge in [0.05, 0.1) is 6.61 Å². The summed E-state index contributed by atoms with van der Waals surface area (Å²) in [6, 6.07) is 0. The molecular weight excluding hydrogens is 237 g/mol. The lowest BCUT2D eigenvalue weighted by atomic mass is 9.76. The minimum absolute atomic E-state index is 0.0896. The van der Waals surface area contributed by atoms with E-state index in [1.807, 2.05) is 0 Å². The Morgan fingerprint density at radius 2 is 1.82 bits per heavy atom. The molecule has 17 heavy (non-hydrogen) atoms. The third-order valence-corrected chi connectivity index (χ3v) is 2.33. The van der Waals surface area contributed by atoms with E-state index in [-0.39, 0.29) is 6.61 Å². The minimum Gasteiger partial charge on any atom is -0.465 e. The highest BCUT2D eigenvalue weighted by Crippen LogP contribution is 2.35. The molecule has 3 nitrogen and oxygen atoms in total. The fourth-order valence-electron chi connectivity index (χ4n) is 1.26. The van der Waals surface area contributed by atoms with Crippen LogP contribution in [0.3, 0.4) is 0 Å². The molecule has 0 aliphatic heterocycles. The van der Waals surface area contributed by atoms with Crippen molar-refractivity contribution in [2.75, 3.05) is 6.61 Å². The highest BCUT2D eigenvalue weighted by molar-refractivity contribution is 6.02. The van der Waals surface area contributed by atoms with Gasteiger partial charge in [0.15, 0.2) is 0 Å². The van der Waals surface area contributed by atoms with Crippen LogP contribution in [-0.2, 0) is 14.3 Å². The van der Waals surface area contributed by atoms with Gasteiger partial charge < -0.3 is 4.74 Å². The van der Waals surface area contributed by atoms with Crippen molar-refractivity contribution < 1.29 is 27.5 Å². The molecule has 0 N–H and O–H groups in total. The molecular formula is C11H15F3O3. The van der Waals surface area contributed by atoms with E-state index in [2.05, 4.69) is 11.3 Å². The molecule has 0 aromatic rings. The van der Waals surface area contributed by atoms with Crippen molar-refractivity contribution in [3.63, 3.8) is 0 Å². The van der Waals surface area contributed by atoms with Crippen molar-refractivity contribution in [2.24, 2.45) is 11.3 Å². The monoisotopic (exact) mass is 252 g/mol. The van der Waals surface area contributed by atoms with E-state index in [0.717, 1.165) is 6.08 Å². The first kappa shape index (κ1) is 15.7. The molecule has 0 bridgehead atoms. The normalized spacial score (nSPS) is 14.0. The summed E-state index contributed by atoms with van der Waals surface area (Å²) in [5, 5.41) is 0. The molecule has 6 heteroatoms. The summed E-state index contributed by atoms with van der Waals surface area (Å²) >= 11 is 0. The van der Waals surface area contributed by atoms with Crippen LogP contribution in [-0.4, -0.2) is 24.5 Å². The van der Waals surface area contributed by atoms with Crippen LogP contribution in [0.15, 0.2) is 12.7 Å². The van der Waals surface area contributed by atoms with E-state index in [4.69, 9.17) is 0 Å². The molecule has 0 spiro atoms. The molecule has 0 aliphatic rings. The number of alkyl halides is 3. The molecule has 0 heterocycles. The molecule has 0 aromatic heterocycles. The van der Waals surface area contributed by atoms with Crippen LogP contribution < -0.4 is 0 Å². The average Bonchev–Trinajstić information content (AvgIpc) is 2.16. The number of halogens is 3. The highest BCUT2D eigenvalue weighted by atomic mass is 19.4. The third kappa shape index (κ3) is 3.87. The van der Waals surface area contributed by atoms with E-state index < -0.39 is 29.3 Å². The number of hydrogen-bond acceptors (Lipinski definition) is 3. The lowest BCUT2D eigenvalue weighted by Gasteiger charge is -2.28. The first-order valence-electron chi connectivity index (χ1n) is 4.99. The van der Waals surface area contributed by atoms with Gasteiger partial charge in [-0.15, -0.1) is 6.58 Å².